The minimum atomic E-state index is -0.409. The molecule has 0 bridgehead atoms. The van der Waals surface area contributed by atoms with Gasteiger partial charge in [0.05, 0.1) is 32.8 Å². The van der Waals surface area contributed by atoms with E-state index in [0.29, 0.717) is 17.0 Å². The predicted octanol–water partition coefficient (Wildman–Crippen LogP) is 2.14. The van der Waals surface area contributed by atoms with E-state index in [1.807, 2.05) is 36.6 Å². The zero-order valence-corrected chi connectivity index (χ0v) is 17.2. The number of hydrogen-bond acceptors (Lipinski definition) is 5. The van der Waals surface area contributed by atoms with Crippen molar-refractivity contribution < 1.29 is 24.0 Å². The molecule has 0 atom stereocenters. The van der Waals surface area contributed by atoms with Crippen molar-refractivity contribution in [2.75, 3.05) is 44.8 Å². The number of ether oxygens (including phenoxy) is 2. The van der Waals surface area contributed by atoms with Crippen molar-refractivity contribution in [3.8, 4) is 11.1 Å². The quantitative estimate of drug-likeness (QED) is 0.695. The summed E-state index contributed by atoms with van der Waals surface area (Å²) in [5.74, 6) is -0.490. The first-order valence-corrected chi connectivity index (χ1v) is 10.5. The van der Waals surface area contributed by atoms with Crippen LogP contribution in [0.1, 0.15) is 29.3 Å². The predicted molar refractivity (Wildman–Crippen MR) is 110 cm³/mol. The van der Waals surface area contributed by atoms with E-state index in [4.69, 9.17) is 9.47 Å². The number of esters is 1. The molecule has 2 heterocycles. The number of anilines is 1. The van der Waals surface area contributed by atoms with Gasteiger partial charge in [-0.15, -0.1) is 11.3 Å². The third-order valence-corrected chi connectivity index (χ3v) is 5.69. The normalized spacial score (nSPS) is 14.6. The standard InChI is InChI=1S/C21H26N2O4S/c1-3-27-21(25)19-17(16-6-4-15(2)5-7-16)14-28-20(19)22-18(24)8-9-23-10-12-26-13-11-23/h4-7,14H,3,8-13H2,1-2H3,(H,22,24)/p+1. The van der Waals surface area contributed by atoms with Gasteiger partial charge in [-0.1, -0.05) is 29.8 Å². The van der Waals surface area contributed by atoms with Gasteiger partial charge in [-0.05, 0) is 19.4 Å². The molecule has 150 valence electrons. The van der Waals surface area contributed by atoms with Gasteiger partial charge in [-0.3, -0.25) is 4.79 Å². The molecule has 1 aliphatic heterocycles. The molecule has 1 aromatic heterocycles. The van der Waals surface area contributed by atoms with E-state index >= 15 is 0 Å². The number of amides is 1. The van der Waals surface area contributed by atoms with Crippen LogP contribution in [0.15, 0.2) is 29.6 Å². The molecule has 2 aromatic rings. The van der Waals surface area contributed by atoms with Crippen molar-refractivity contribution in [3.63, 3.8) is 0 Å². The number of hydrogen-bond donors (Lipinski definition) is 2. The Labute approximate surface area is 169 Å². The fraction of sp³-hybridized carbons (Fsp3) is 0.429. The maximum Gasteiger partial charge on any atom is 0.341 e. The van der Waals surface area contributed by atoms with Crippen LogP contribution in [0.5, 0.6) is 0 Å². The number of carbonyl (C=O) groups excluding carboxylic acids is 2. The summed E-state index contributed by atoms with van der Waals surface area (Å²) in [5, 5.41) is 5.38. The van der Waals surface area contributed by atoms with Crippen LogP contribution in [0.25, 0.3) is 11.1 Å². The van der Waals surface area contributed by atoms with Gasteiger partial charge in [0.25, 0.3) is 0 Å². The smallest absolute Gasteiger partial charge is 0.341 e. The summed E-state index contributed by atoms with van der Waals surface area (Å²) in [4.78, 5) is 26.4. The maximum atomic E-state index is 12.6. The van der Waals surface area contributed by atoms with E-state index in [-0.39, 0.29) is 12.5 Å². The van der Waals surface area contributed by atoms with Crippen molar-refractivity contribution >= 4 is 28.2 Å². The molecule has 1 aliphatic rings. The molecule has 0 saturated carbocycles. The van der Waals surface area contributed by atoms with Crippen LogP contribution >= 0.6 is 11.3 Å². The Morgan fingerprint density at radius 1 is 1.21 bits per heavy atom. The molecule has 0 spiro atoms. The molecule has 1 amide bonds. The monoisotopic (exact) mass is 403 g/mol. The number of aryl methyl sites for hydroxylation is 1. The summed E-state index contributed by atoms with van der Waals surface area (Å²) < 4.78 is 10.6. The minimum Gasteiger partial charge on any atom is -0.462 e. The van der Waals surface area contributed by atoms with Gasteiger partial charge in [0.2, 0.25) is 5.91 Å². The van der Waals surface area contributed by atoms with E-state index < -0.39 is 5.97 Å². The topological polar surface area (TPSA) is 69.1 Å². The molecule has 7 heteroatoms. The number of carbonyl (C=O) groups is 2. The second-order valence-electron chi connectivity index (χ2n) is 6.85. The Kier molecular flexibility index (Phi) is 7.19. The van der Waals surface area contributed by atoms with E-state index in [2.05, 4.69) is 5.32 Å². The number of morpholine rings is 1. The molecule has 2 N–H and O–H groups in total. The van der Waals surface area contributed by atoms with Crippen LogP contribution in [0, 0.1) is 6.92 Å². The highest BCUT2D eigenvalue weighted by atomic mass is 32.1. The molecular weight excluding hydrogens is 376 g/mol. The van der Waals surface area contributed by atoms with Crippen LogP contribution in [-0.4, -0.2) is 51.3 Å². The SMILES string of the molecule is CCOC(=O)c1c(-c2ccc(C)cc2)csc1NC(=O)CC[NH+]1CCOCC1. The zero-order valence-electron chi connectivity index (χ0n) is 16.4. The average Bonchev–Trinajstić information content (AvgIpc) is 3.11. The van der Waals surface area contributed by atoms with Crippen LogP contribution in [-0.2, 0) is 14.3 Å². The summed E-state index contributed by atoms with van der Waals surface area (Å²) in [5.41, 5.74) is 3.30. The van der Waals surface area contributed by atoms with Gasteiger partial charge in [0, 0.05) is 10.9 Å². The van der Waals surface area contributed by atoms with Crippen LogP contribution in [0.4, 0.5) is 5.00 Å². The lowest BCUT2D eigenvalue weighted by molar-refractivity contribution is -0.907. The largest absolute Gasteiger partial charge is 0.462 e. The molecule has 0 aliphatic carbocycles. The molecule has 6 nitrogen and oxygen atoms in total. The maximum absolute atomic E-state index is 12.6. The molecular formula is C21H27N2O4S+. The number of thiophene rings is 1. The summed E-state index contributed by atoms with van der Waals surface area (Å²) >= 11 is 1.36. The highest BCUT2D eigenvalue weighted by molar-refractivity contribution is 7.15. The first kappa shape index (κ1) is 20.5. The first-order valence-electron chi connectivity index (χ1n) is 9.65. The molecule has 0 unspecified atom stereocenters. The Morgan fingerprint density at radius 3 is 2.61 bits per heavy atom. The third kappa shape index (κ3) is 5.19. The highest BCUT2D eigenvalue weighted by Crippen LogP contribution is 2.36. The molecule has 1 fully saturated rings. The van der Waals surface area contributed by atoms with Gasteiger partial charge >= 0.3 is 5.97 Å². The first-order chi connectivity index (χ1) is 13.6. The number of nitrogens with one attached hydrogen (secondary N) is 2. The van der Waals surface area contributed by atoms with Crippen LogP contribution < -0.4 is 10.2 Å². The van der Waals surface area contributed by atoms with E-state index in [0.717, 1.165) is 49.5 Å². The van der Waals surface area contributed by atoms with Gasteiger partial charge in [0.1, 0.15) is 23.7 Å². The second kappa shape index (κ2) is 9.82. The molecule has 1 saturated heterocycles. The minimum absolute atomic E-state index is 0.0816. The van der Waals surface area contributed by atoms with Crippen molar-refractivity contribution in [2.45, 2.75) is 20.3 Å². The van der Waals surface area contributed by atoms with Crippen LogP contribution in [0.3, 0.4) is 0 Å². The fourth-order valence-electron chi connectivity index (χ4n) is 3.19. The lowest BCUT2D eigenvalue weighted by Crippen LogP contribution is -3.14. The Bertz CT molecular complexity index is 810. The summed E-state index contributed by atoms with van der Waals surface area (Å²) in [6.45, 7) is 8.19. The van der Waals surface area contributed by atoms with Crippen molar-refractivity contribution in [2.24, 2.45) is 0 Å². The van der Waals surface area contributed by atoms with Crippen molar-refractivity contribution in [1.29, 1.82) is 0 Å². The average molecular weight is 404 g/mol. The summed E-state index contributed by atoms with van der Waals surface area (Å²) in [6, 6.07) is 7.97. The van der Waals surface area contributed by atoms with Crippen molar-refractivity contribution in [3.05, 3.63) is 40.8 Å². The van der Waals surface area contributed by atoms with Crippen molar-refractivity contribution in [1.82, 2.24) is 0 Å². The Hall–Kier alpha value is -2.22. The molecule has 1 aromatic carbocycles. The number of benzene rings is 1. The van der Waals surface area contributed by atoms with Crippen LogP contribution in [0.2, 0.25) is 0 Å². The Balaban J connectivity index is 1.75. The molecule has 3 rings (SSSR count). The van der Waals surface area contributed by atoms with Gasteiger partial charge in [-0.2, -0.15) is 0 Å². The lowest BCUT2D eigenvalue weighted by Gasteiger charge is -2.23. The Morgan fingerprint density at radius 2 is 1.93 bits per heavy atom. The zero-order chi connectivity index (χ0) is 19.9. The highest BCUT2D eigenvalue weighted by Gasteiger charge is 2.23. The summed E-state index contributed by atoms with van der Waals surface area (Å²) in [6.07, 6.45) is 0.412. The van der Waals surface area contributed by atoms with Gasteiger partial charge in [0.15, 0.2) is 0 Å². The molecule has 28 heavy (non-hydrogen) atoms. The second-order valence-corrected chi connectivity index (χ2v) is 7.73. The van der Waals surface area contributed by atoms with E-state index in [9.17, 15) is 9.59 Å². The number of quaternary nitrogens is 1. The van der Waals surface area contributed by atoms with Gasteiger partial charge in [-0.25, -0.2) is 4.79 Å². The third-order valence-electron chi connectivity index (χ3n) is 4.79. The van der Waals surface area contributed by atoms with E-state index in [1.165, 1.54) is 16.2 Å². The fourth-order valence-corrected chi connectivity index (χ4v) is 4.16. The molecule has 0 radical (unpaired) electrons. The summed E-state index contributed by atoms with van der Waals surface area (Å²) in [7, 11) is 0. The van der Waals surface area contributed by atoms with Gasteiger partial charge < -0.3 is 19.7 Å². The lowest BCUT2D eigenvalue weighted by atomic mass is 10.0. The van der Waals surface area contributed by atoms with E-state index in [1.54, 1.807) is 6.92 Å². The number of rotatable bonds is 7.